The number of halogens is 2. The summed E-state index contributed by atoms with van der Waals surface area (Å²) in [4.78, 5) is 22.3. The van der Waals surface area contributed by atoms with Crippen molar-refractivity contribution in [1.82, 2.24) is 15.6 Å². The minimum atomic E-state index is -0.801. The van der Waals surface area contributed by atoms with E-state index in [1.54, 1.807) is 0 Å². The van der Waals surface area contributed by atoms with E-state index < -0.39 is 5.97 Å². The number of nitrogens with one attached hydrogen (secondary N) is 1. The second-order valence-electron chi connectivity index (χ2n) is 16.6. The van der Waals surface area contributed by atoms with Gasteiger partial charge in [-0.25, -0.2) is 0 Å². The summed E-state index contributed by atoms with van der Waals surface area (Å²) in [6.45, 7) is 24.0. The molecule has 0 spiro atoms. The predicted molar refractivity (Wildman–Crippen MR) is 245 cm³/mol. The van der Waals surface area contributed by atoms with E-state index in [1.807, 2.05) is 25.1 Å². The lowest BCUT2D eigenvalue weighted by molar-refractivity contribution is -0.137. The summed E-state index contributed by atoms with van der Waals surface area (Å²) in [5, 5.41) is 22.5. The minimum absolute atomic E-state index is 0. The number of hydrogen-bond donors (Lipinski definition) is 3. The van der Waals surface area contributed by atoms with Crippen LogP contribution in [0.3, 0.4) is 0 Å². The predicted octanol–water partition coefficient (Wildman–Crippen LogP) is 12.1. The Kier molecular flexibility index (Phi) is 27.9. The molecule has 1 amide bonds. The van der Waals surface area contributed by atoms with E-state index in [0.29, 0.717) is 32.5 Å². The first-order chi connectivity index (χ1) is 27.5. The van der Waals surface area contributed by atoms with Crippen molar-refractivity contribution in [1.29, 1.82) is 0 Å². The molecule has 2 heterocycles. The Balaban J connectivity index is 0.000000974. The topological polar surface area (TPSA) is 163 Å². The van der Waals surface area contributed by atoms with Crippen LogP contribution < -0.4 is 20.5 Å². The molecule has 4 aromatic rings. The van der Waals surface area contributed by atoms with E-state index in [9.17, 15) is 9.59 Å². The van der Waals surface area contributed by atoms with Crippen LogP contribution in [0, 0.1) is 10.8 Å². The number of aromatic nitrogens is 2. The Morgan fingerprint density at radius 1 is 0.729 bits per heavy atom. The van der Waals surface area contributed by atoms with Crippen molar-refractivity contribution < 1.29 is 33.2 Å². The quantitative estimate of drug-likeness (QED) is 0.0610. The second-order valence-corrected chi connectivity index (χ2v) is 17.4. The van der Waals surface area contributed by atoms with Gasteiger partial charge in [0.1, 0.15) is 11.5 Å². The number of carbonyl (C=O) groups excluding carboxylic acids is 1. The first-order valence-corrected chi connectivity index (χ1v) is 21.9. The smallest absolute Gasteiger partial charge is 0.303 e. The van der Waals surface area contributed by atoms with Crippen LogP contribution in [0.15, 0.2) is 33.3 Å². The van der Waals surface area contributed by atoms with Gasteiger partial charge in [0.2, 0.25) is 5.91 Å². The molecule has 2 aromatic heterocycles. The van der Waals surface area contributed by atoms with Crippen LogP contribution >= 0.6 is 23.2 Å². The molecule has 4 rings (SSSR count). The highest BCUT2D eigenvalue weighted by Crippen LogP contribution is 2.35. The van der Waals surface area contributed by atoms with Crippen molar-refractivity contribution in [2.45, 2.75) is 154 Å². The van der Waals surface area contributed by atoms with Crippen molar-refractivity contribution in [2.24, 2.45) is 16.6 Å². The van der Waals surface area contributed by atoms with Crippen LogP contribution in [0.5, 0.6) is 11.5 Å². The SMILES string of the molecule is C.CCCN.CCCNC(=O)CCCOc1ccc2c(CC(C)(C)C)noc2c1CCC.CCCc1c(OCCCC(=O)O)ccc2c(CC(C)(C)C)noc12.ClCCl. The largest absolute Gasteiger partial charge is 0.493 e. The Morgan fingerprint density at radius 3 is 1.47 bits per heavy atom. The number of carbonyl (C=O) groups is 2. The van der Waals surface area contributed by atoms with Gasteiger partial charge in [-0.05, 0) is 93.0 Å². The van der Waals surface area contributed by atoms with Crippen LogP contribution in [-0.4, -0.2) is 58.9 Å². The number of nitrogens with two attached hydrogens (primary N) is 1. The summed E-state index contributed by atoms with van der Waals surface area (Å²) in [6, 6.07) is 8.03. The highest BCUT2D eigenvalue weighted by atomic mass is 35.5. The molecule has 4 N–H and O–H groups in total. The first-order valence-electron chi connectivity index (χ1n) is 20.9. The summed E-state index contributed by atoms with van der Waals surface area (Å²) in [5.41, 5.74) is 11.1. The van der Waals surface area contributed by atoms with Gasteiger partial charge in [-0.2, -0.15) is 0 Å². The maximum Gasteiger partial charge on any atom is 0.303 e. The number of fused-ring (bicyclic) bond motifs is 2. The van der Waals surface area contributed by atoms with E-state index in [-0.39, 0.29) is 35.9 Å². The number of benzene rings is 2. The molecule has 59 heavy (non-hydrogen) atoms. The maximum atomic E-state index is 11.7. The number of aryl methyl sites for hydroxylation is 2. The summed E-state index contributed by atoms with van der Waals surface area (Å²) < 4.78 is 23.2. The number of ether oxygens (including phenoxy) is 2. The summed E-state index contributed by atoms with van der Waals surface area (Å²) >= 11 is 9.53. The molecule has 13 heteroatoms. The lowest BCUT2D eigenvalue weighted by atomic mass is 9.89. The minimum Gasteiger partial charge on any atom is -0.493 e. The normalized spacial score (nSPS) is 11.0. The van der Waals surface area contributed by atoms with Gasteiger partial charge < -0.3 is 34.7 Å². The van der Waals surface area contributed by atoms with Crippen molar-refractivity contribution >= 4 is 57.0 Å². The highest BCUT2D eigenvalue weighted by molar-refractivity contribution is 6.40. The standard InChI is InChI=1S/C22H34N2O3.C19H27NO4.C3H9N.CH2Cl2.CH4/c1-6-9-17-19(26-14-8-10-20(25)23-13-7-2)12-11-16-18(15-22(3,4)5)24-27-21(16)17;1-5-7-14-16(23-11-6-8-17(21)22)10-9-13-15(12-19(2,3)4)20-24-18(13)14;1-2-3-4;2-1-3;/h11-12H,6-10,13-15H2,1-5H3,(H,23,25);9-10H,5-8,11-12H2,1-4H3,(H,21,22);2-4H2,1H3;1H2;1H4. The van der Waals surface area contributed by atoms with E-state index in [4.69, 9.17) is 52.6 Å². The van der Waals surface area contributed by atoms with Crippen LogP contribution in [0.25, 0.3) is 21.9 Å². The molecular weight excluding hydrogens is 791 g/mol. The average Bonchev–Trinajstić information content (AvgIpc) is 3.75. The first kappa shape index (κ1) is 55.5. The van der Waals surface area contributed by atoms with Crippen molar-refractivity contribution in [2.75, 3.05) is 31.6 Å². The summed E-state index contributed by atoms with van der Waals surface area (Å²) in [6.07, 6.45) is 9.27. The van der Waals surface area contributed by atoms with Gasteiger partial charge in [0.15, 0.2) is 11.2 Å². The van der Waals surface area contributed by atoms with E-state index in [1.165, 1.54) is 0 Å². The fraction of sp³-hybridized carbons (Fsp3) is 0.652. The zero-order valence-corrected chi connectivity index (χ0v) is 38.5. The molecule has 0 saturated heterocycles. The molecule has 0 fully saturated rings. The molecule has 0 bridgehead atoms. The third kappa shape index (κ3) is 21.5. The van der Waals surface area contributed by atoms with Gasteiger partial charge in [-0.1, -0.05) is 99.8 Å². The molecule has 0 aliphatic rings. The Bertz CT molecular complexity index is 1760. The molecule has 0 saturated carbocycles. The Labute approximate surface area is 364 Å². The highest BCUT2D eigenvalue weighted by Gasteiger charge is 2.22. The van der Waals surface area contributed by atoms with Gasteiger partial charge >= 0.3 is 5.97 Å². The van der Waals surface area contributed by atoms with Crippen LogP contribution in [0.4, 0.5) is 0 Å². The van der Waals surface area contributed by atoms with Crippen molar-refractivity contribution in [3.63, 3.8) is 0 Å². The number of rotatable bonds is 19. The Morgan fingerprint density at radius 2 is 1.14 bits per heavy atom. The second kappa shape index (κ2) is 29.6. The molecule has 11 nitrogen and oxygen atoms in total. The molecule has 0 atom stereocenters. The average molecular weight is 868 g/mol. The van der Waals surface area contributed by atoms with Gasteiger partial charge in [0.05, 0.1) is 29.9 Å². The van der Waals surface area contributed by atoms with Gasteiger partial charge in [-0.3, -0.25) is 9.59 Å². The van der Waals surface area contributed by atoms with E-state index in [0.717, 1.165) is 120 Å². The maximum absolute atomic E-state index is 11.7. The van der Waals surface area contributed by atoms with Gasteiger partial charge in [0.25, 0.3) is 0 Å². The number of amides is 1. The Hall–Kier alpha value is -3.54. The third-order valence-corrected chi connectivity index (χ3v) is 8.41. The lowest BCUT2D eigenvalue weighted by Crippen LogP contribution is -2.24. The number of nitrogens with zero attached hydrogens (tertiary/aromatic N) is 2. The zero-order chi connectivity index (χ0) is 43.7. The molecule has 0 radical (unpaired) electrons. The number of hydrogen-bond acceptors (Lipinski definition) is 9. The molecule has 0 aliphatic carbocycles. The molecular formula is C46H76Cl2N4O7. The van der Waals surface area contributed by atoms with E-state index in [2.05, 4.69) is 84.0 Å². The molecule has 0 aliphatic heterocycles. The monoisotopic (exact) mass is 867 g/mol. The third-order valence-electron chi connectivity index (χ3n) is 8.41. The van der Waals surface area contributed by atoms with E-state index >= 15 is 0 Å². The fourth-order valence-corrected chi connectivity index (χ4v) is 5.86. The molecule has 0 unspecified atom stereocenters. The van der Waals surface area contributed by atoms with Gasteiger partial charge in [-0.15, -0.1) is 23.2 Å². The molecule has 2 aromatic carbocycles. The van der Waals surface area contributed by atoms with Crippen LogP contribution in [-0.2, 0) is 35.3 Å². The fourth-order valence-electron chi connectivity index (χ4n) is 5.86. The summed E-state index contributed by atoms with van der Waals surface area (Å²) in [7, 11) is 0. The van der Waals surface area contributed by atoms with Crippen molar-refractivity contribution in [3.8, 4) is 11.5 Å². The number of aliphatic carboxylic acids is 1. The van der Waals surface area contributed by atoms with Crippen molar-refractivity contribution in [3.05, 3.63) is 46.8 Å². The van der Waals surface area contributed by atoms with Crippen LogP contribution in [0.1, 0.15) is 151 Å². The summed E-state index contributed by atoms with van der Waals surface area (Å²) in [5.74, 6) is 0.904. The van der Waals surface area contributed by atoms with Crippen LogP contribution in [0.2, 0.25) is 0 Å². The van der Waals surface area contributed by atoms with Gasteiger partial charge in [0, 0.05) is 41.3 Å². The number of carboxylic acids is 1. The lowest BCUT2D eigenvalue weighted by Gasteiger charge is -2.16. The zero-order valence-electron chi connectivity index (χ0n) is 37.0. The molecule has 336 valence electrons. The number of carboxylic acid groups (broad SMARTS) is 1. The number of alkyl halides is 2.